The molecule has 5 nitrogen and oxygen atoms in total. The van der Waals surface area contributed by atoms with Crippen molar-refractivity contribution in [2.24, 2.45) is 0 Å². The summed E-state index contributed by atoms with van der Waals surface area (Å²) in [6.07, 6.45) is 0.274. The van der Waals surface area contributed by atoms with Crippen molar-refractivity contribution in [1.29, 1.82) is 0 Å². The van der Waals surface area contributed by atoms with Crippen LogP contribution in [-0.2, 0) is 9.59 Å². The maximum Gasteiger partial charge on any atom is 0.251 e. The highest BCUT2D eigenvalue weighted by Gasteiger charge is 2.43. The van der Waals surface area contributed by atoms with Crippen LogP contribution in [0.1, 0.15) is 23.1 Å². The number of piperazine rings is 1. The zero-order valence-electron chi connectivity index (χ0n) is 16.8. The number of carbonyl (C=O) groups excluding carboxylic acids is 2. The summed E-state index contributed by atoms with van der Waals surface area (Å²) < 4.78 is 0. The van der Waals surface area contributed by atoms with E-state index in [1.54, 1.807) is 0 Å². The Morgan fingerprint density at radius 1 is 0.821 bits per heavy atom. The summed E-state index contributed by atoms with van der Waals surface area (Å²) >= 11 is 0. The molecular formula is C23H27N3O2. The molecule has 0 radical (unpaired) electrons. The first-order chi connectivity index (χ1) is 13.4. The van der Waals surface area contributed by atoms with Crippen molar-refractivity contribution >= 4 is 23.2 Å². The van der Waals surface area contributed by atoms with Gasteiger partial charge in [-0.25, -0.2) is 4.90 Å². The molecule has 0 N–H and O–H groups in total. The van der Waals surface area contributed by atoms with E-state index in [2.05, 4.69) is 41.8 Å². The van der Waals surface area contributed by atoms with Crippen molar-refractivity contribution < 1.29 is 9.59 Å². The minimum atomic E-state index is -0.338. The molecule has 146 valence electrons. The average Bonchev–Trinajstić information content (AvgIpc) is 2.99. The standard InChI is InChI=1S/C23H27N3O2/c1-16-5-8-19(9-6-16)26-22(27)15-21(23(26)28)25-12-10-24(11-13-25)20-14-17(2)4-7-18(20)3/h4-9,14,21H,10-13,15H2,1-3H3/t21-/m1/s1. The van der Waals surface area contributed by atoms with Crippen LogP contribution in [0.4, 0.5) is 11.4 Å². The Kier molecular flexibility index (Phi) is 4.94. The van der Waals surface area contributed by atoms with Crippen LogP contribution < -0.4 is 9.80 Å². The summed E-state index contributed by atoms with van der Waals surface area (Å²) in [5.74, 6) is -0.190. The van der Waals surface area contributed by atoms with Gasteiger partial charge in [0.1, 0.15) is 0 Å². The second-order valence-corrected chi connectivity index (χ2v) is 7.94. The van der Waals surface area contributed by atoms with Crippen molar-refractivity contribution in [1.82, 2.24) is 4.90 Å². The second kappa shape index (κ2) is 7.40. The lowest BCUT2D eigenvalue weighted by molar-refractivity contribution is -0.123. The molecular weight excluding hydrogens is 350 g/mol. The minimum Gasteiger partial charge on any atom is -0.369 e. The summed E-state index contributed by atoms with van der Waals surface area (Å²) in [6, 6.07) is 13.8. The number of hydrogen-bond acceptors (Lipinski definition) is 4. The fraction of sp³-hybridized carbons (Fsp3) is 0.391. The van der Waals surface area contributed by atoms with E-state index in [1.807, 2.05) is 31.2 Å². The molecule has 2 amide bonds. The molecule has 2 aromatic carbocycles. The van der Waals surface area contributed by atoms with E-state index in [0.29, 0.717) is 5.69 Å². The first-order valence-electron chi connectivity index (χ1n) is 9.94. The lowest BCUT2D eigenvalue weighted by atomic mass is 10.1. The van der Waals surface area contributed by atoms with Gasteiger partial charge >= 0.3 is 0 Å². The Bertz CT molecular complexity index is 899. The number of carbonyl (C=O) groups is 2. The molecule has 0 aromatic heterocycles. The molecule has 28 heavy (non-hydrogen) atoms. The van der Waals surface area contributed by atoms with E-state index in [9.17, 15) is 9.59 Å². The van der Waals surface area contributed by atoms with Crippen LogP contribution in [0.3, 0.4) is 0 Å². The van der Waals surface area contributed by atoms with Crippen molar-refractivity contribution in [2.45, 2.75) is 33.2 Å². The Balaban J connectivity index is 1.45. The summed E-state index contributed by atoms with van der Waals surface area (Å²) in [5, 5.41) is 0. The largest absolute Gasteiger partial charge is 0.369 e. The molecule has 2 saturated heterocycles. The van der Waals surface area contributed by atoms with Crippen LogP contribution in [0.5, 0.6) is 0 Å². The highest BCUT2D eigenvalue weighted by atomic mass is 16.2. The van der Waals surface area contributed by atoms with E-state index in [0.717, 1.165) is 31.7 Å². The van der Waals surface area contributed by atoms with E-state index in [-0.39, 0.29) is 24.3 Å². The van der Waals surface area contributed by atoms with Crippen LogP contribution in [-0.4, -0.2) is 48.9 Å². The molecule has 0 bridgehead atoms. The van der Waals surface area contributed by atoms with Crippen LogP contribution in [0.25, 0.3) is 0 Å². The monoisotopic (exact) mass is 377 g/mol. The molecule has 2 fully saturated rings. The number of rotatable bonds is 3. The molecule has 2 aromatic rings. The normalized spacial score (nSPS) is 20.9. The molecule has 0 unspecified atom stereocenters. The van der Waals surface area contributed by atoms with Gasteiger partial charge in [0.2, 0.25) is 5.91 Å². The molecule has 0 saturated carbocycles. The third kappa shape index (κ3) is 3.42. The van der Waals surface area contributed by atoms with Gasteiger partial charge < -0.3 is 4.90 Å². The minimum absolute atomic E-state index is 0.0889. The van der Waals surface area contributed by atoms with Gasteiger partial charge in [0.25, 0.3) is 5.91 Å². The molecule has 2 heterocycles. The highest BCUT2D eigenvalue weighted by molar-refractivity contribution is 6.22. The molecule has 1 atom stereocenters. The summed E-state index contributed by atoms with van der Waals surface area (Å²) in [4.78, 5) is 31.5. The van der Waals surface area contributed by atoms with Gasteiger partial charge in [0.15, 0.2) is 0 Å². The maximum absolute atomic E-state index is 13.0. The van der Waals surface area contributed by atoms with Crippen molar-refractivity contribution in [3.8, 4) is 0 Å². The number of nitrogens with zero attached hydrogens (tertiary/aromatic N) is 3. The summed E-state index contributed by atoms with van der Waals surface area (Å²) in [6.45, 7) is 9.56. The van der Waals surface area contributed by atoms with Crippen LogP contribution >= 0.6 is 0 Å². The van der Waals surface area contributed by atoms with Crippen LogP contribution in [0, 0.1) is 20.8 Å². The quantitative estimate of drug-likeness (QED) is 0.771. The van der Waals surface area contributed by atoms with Gasteiger partial charge in [-0.15, -0.1) is 0 Å². The zero-order valence-corrected chi connectivity index (χ0v) is 16.8. The van der Waals surface area contributed by atoms with E-state index in [1.165, 1.54) is 21.7 Å². The predicted molar refractivity (Wildman–Crippen MR) is 112 cm³/mol. The molecule has 0 spiro atoms. The number of imide groups is 1. The maximum atomic E-state index is 13.0. The topological polar surface area (TPSA) is 43.9 Å². The summed E-state index contributed by atoms with van der Waals surface area (Å²) in [7, 11) is 0. The number of benzene rings is 2. The molecule has 2 aliphatic rings. The lowest BCUT2D eigenvalue weighted by Crippen LogP contribution is -2.52. The van der Waals surface area contributed by atoms with Crippen molar-refractivity contribution in [3.63, 3.8) is 0 Å². The number of anilines is 2. The number of amides is 2. The Morgan fingerprint density at radius 2 is 1.46 bits per heavy atom. The van der Waals surface area contributed by atoms with Gasteiger partial charge in [-0.2, -0.15) is 0 Å². The van der Waals surface area contributed by atoms with Gasteiger partial charge in [0, 0.05) is 31.9 Å². The lowest BCUT2D eigenvalue weighted by Gasteiger charge is -2.38. The Labute approximate surface area is 166 Å². The fourth-order valence-corrected chi connectivity index (χ4v) is 4.20. The number of aryl methyl sites for hydroxylation is 3. The SMILES string of the molecule is Cc1ccc(N2C(=O)C[C@@H](N3CCN(c4cc(C)ccc4C)CC3)C2=O)cc1. The summed E-state index contributed by atoms with van der Waals surface area (Å²) in [5.41, 5.74) is 5.60. The van der Waals surface area contributed by atoms with Crippen LogP contribution in [0.2, 0.25) is 0 Å². The molecule has 0 aliphatic carbocycles. The van der Waals surface area contributed by atoms with E-state index >= 15 is 0 Å². The Hall–Kier alpha value is -2.66. The fourth-order valence-electron chi connectivity index (χ4n) is 4.20. The number of hydrogen-bond donors (Lipinski definition) is 0. The molecule has 5 heteroatoms. The molecule has 4 rings (SSSR count). The first kappa shape index (κ1) is 18.7. The third-order valence-electron chi connectivity index (χ3n) is 5.88. The average molecular weight is 377 g/mol. The van der Waals surface area contributed by atoms with E-state index in [4.69, 9.17) is 0 Å². The molecule has 2 aliphatic heterocycles. The first-order valence-corrected chi connectivity index (χ1v) is 9.94. The van der Waals surface area contributed by atoms with Gasteiger partial charge in [-0.1, -0.05) is 29.8 Å². The second-order valence-electron chi connectivity index (χ2n) is 7.94. The zero-order chi connectivity index (χ0) is 19.8. The van der Waals surface area contributed by atoms with E-state index < -0.39 is 0 Å². The smallest absolute Gasteiger partial charge is 0.251 e. The predicted octanol–water partition coefficient (Wildman–Crippen LogP) is 3.07. The third-order valence-corrected chi connectivity index (χ3v) is 5.88. The van der Waals surface area contributed by atoms with Gasteiger partial charge in [0.05, 0.1) is 18.2 Å². The Morgan fingerprint density at radius 3 is 2.14 bits per heavy atom. The van der Waals surface area contributed by atoms with Crippen molar-refractivity contribution in [2.75, 3.05) is 36.0 Å². The highest BCUT2D eigenvalue weighted by Crippen LogP contribution is 2.28. The van der Waals surface area contributed by atoms with Crippen LogP contribution in [0.15, 0.2) is 42.5 Å². The van der Waals surface area contributed by atoms with Gasteiger partial charge in [-0.3, -0.25) is 14.5 Å². The van der Waals surface area contributed by atoms with Crippen molar-refractivity contribution in [3.05, 3.63) is 59.2 Å². The van der Waals surface area contributed by atoms with Gasteiger partial charge in [-0.05, 0) is 50.1 Å².